The molecular weight excluding hydrogens is 342 g/mol. The standard InChI is InChI=1S/C14H20F2N4O5/c15-12(16)14(18,13(24)25)3-1-4-19-11(23)8(17)6-20-5-2-9(21)10(22)7-20/h5,7-8,12H,1-4,6,17-18H2,(H2-,19,22,23,24,25)/p+1. The molecule has 0 spiro atoms. The van der Waals surface area contributed by atoms with Crippen molar-refractivity contribution in [2.24, 2.45) is 11.5 Å². The van der Waals surface area contributed by atoms with Gasteiger partial charge in [0.2, 0.25) is 23.6 Å². The largest absolute Gasteiger partial charge is 0.500 e. The minimum Gasteiger partial charge on any atom is -0.500 e. The number of allylic oxidation sites excluding steroid dienone is 1. The molecule has 25 heavy (non-hydrogen) atoms. The Morgan fingerprint density at radius 3 is 2.60 bits per heavy atom. The molecule has 2 unspecified atom stereocenters. The third-order valence-corrected chi connectivity index (χ3v) is 3.68. The Kier molecular flexibility index (Phi) is 7.12. The average Bonchev–Trinajstić information content (AvgIpc) is 2.54. The van der Waals surface area contributed by atoms with E-state index in [2.05, 4.69) is 5.32 Å². The highest BCUT2D eigenvalue weighted by Gasteiger charge is 2.43. The van der Waals surface area contributed by atoms with Crippen LogP contribution in [0.15, 0.2) is 12.0 Å². The fourth-order valence-corrected chi connectivity index (χ4v) is 2.06. The number of carbonyl (C=O) groups excluding carboxylic acids is 2. The molecule has 0 aromatic carbocycles. The monoisotopic (exact) mass is 363 g/mol. The van der Waals surface area contributed by atoms with Crippen LogP contribution in [0, 0.1) is 0 Å². The molecule has 0 aliphatic carbocycles. The predicted octanol–water partition coefficient (Wildman–Crippen LogP) is -1.29. The van der Waals surface area contributed by atoms with Gasteiger partial charge in [-0.05, 0) is 12.8 Å². The number of nitrogens with one attached hydrogen (secondary N) is 1. The van der Waals surface area contributed by atoms with E-state index in [1.54, 1.807) is 0 Å². The lowest BCUT2D eigenvalue weighted by atomic mass is 9.95. The topological polar surface area (TPSA) is 159 Å². The summed E-state index contributed by atoms with van der Waals surface area (Å²) < 4.78 is 26.8. The molecule has 0 aromatic heterocycles. The van der Waals surface area contributed by atoms with Gasteiger partial charge < -0.3 is 27.0 Å². The molecular formula is C14H21F2N4O5+. The van der Waals surface area contributed by atoms with Gasteiger partial charge in [0, 0.05) is 6.54 Å². The highest BCUT2D eigenvalue weighted by atomic mass is 19.3. The summed E-state index contributed by atoms with van der Waals surface area (Å²) in [5.74, 6) is -3.28. The molecule has 1 amide bonds. The molecule has 0 saturated carbocycles. The normalized spacial score (nSPS) is 18.2. The maximum atomic E-state index is 12.7. The van der Waals surface area contributed by atoms with Crippen molar-refractivity contribution in [3.63, 3.8) is 0 Å². The smallest absolute Gasteiger partial charge is 0.329 e. The van der Waals surface area contributed by atoms with Crippen molar-refractivity contribution in [2.75, 3.05) is 13.1 Å². The molecule has 7 N–H and O–H groups in total. The zero-order valence-corrected chi connectivity index (χ0v) is 13.3. The molecule has 0 aromatic rings. The number of carboxylic acids is 1. The number of amides is 1. The van der Waals surface area contributed by atoms with Crippen LogP contribution >= 0.6 is 0 Å². The van der Waals surface area contributed by atoms with Crippen molar-refractivity contribution in [3.05, 3.63) is 12.0 Å². The fourth-order valence-electron chi connectivity index (χ4n) is 2.06. The number of aliphatic carboxylic acids is 1. The summed E-state index contributed by atoms with van der Waals surface area (Å²) in [4.78, 5) is 33.7. The first-order chi connectivity index (χ1) is 11.6. The number of halogens is 2. The minimum absolute atomic E-state index is 0.00381. The van der Waals surface area contributed by atoms with Gasteiger partial charge in [-0.25, -0.2) is 18.2 Å². The molecule has 2 atom stereocenters. The number of nitrogens with two attached hydrogens (primary N) is 2. The lowest BCUT2D eigenvalue weighted by Gasteiger charge is -2.23. The molecule has 140 valence electrons. The van der Waals surface area contributed by atoms with E-state index in [1.165, 1.54) is 10.8 Å². The second kappa shape index (κ2) is 8.62. The number of aliphatic hydroxyl groups excluding tert-OH is 1. The van der Waals surface area contributed by atoms with E-state index in [0.717, 1.165) is 6.20 Å². The van der Waals surface area contributed by atoms with Gasteiger partial charge >= 0.3 is 5.97 Å². The van der Waals surface area contributed by atoms with Crippen LogP contribution in [0.3, 0.4) is 0 Å². The lowest BCUT2D eigenvalue weighted by molar-refractivity contribution is -0.456. The van der Waals surface area contributed by atoms with Crippen molar-refractivity contribution in [2.45, 2.75) is 37.3 Å². The first-order valence-corrected chi connectivity index (χ1v) is 7.44. The van der Waals surface area contributed by atoms with Gasteiger partial charge in [0.05, 0.1) is 6.42 Å². The van der Waals surface area contributed by atoms with Crippen LogP contribution in [0.1, 0.15) is 19.3 Å². The minimum atomic E-state index is -3.24. The summed E-state index contributed by atoms with van der Waals surface area (Å²) in [6, 6.07) is -1.01. The van der Waals surface area contributed by atoms with Crippen molar-refractivity contribution in [3.8, 4) is 0 Å². The molecule has 0 saturated heterocycles. The maximum Gasteiger partial charge on any atom is 0.329 e. The van der Waals surface area contributed by atoms with E-state index >= 15 is 0 Å². The van der Waals surface area contributed by atoms with Gasteiger partial charge in [-0.15, -0.1) is 0 Å². The van der Waals surface area contributed by atoms with Crippen LogP contribution < -0.4 is 16.8 Å². The molecule has 0 radical (unpaired) electrons. The molecule has 1 aliphatic rings. The molecule has 0 fully saturated rings. The van der Waals surface area contributed by atoms with E-state index in [1.807, 2.05) is 0 Å². The zero-order valence-electron chi connectivity index (χ0n) is 13.3. The Morgan fingerprint density at radius 1 is 1.44 bits per heavy atom. The predicted molar refractivity (Wildman–Crippen MR) is 82.3 cm³/mol. The number of carboxylic acid groups (broad SMARTS) is 1. The zero-order chi connectivity index (χ0) is 19.2. The SMILES string of the molecule is NC(C[N+]1=CCC(=O)C(O)=C1)C(=O)NCCCC(N)(C(=O)O)C(F)F. The number of carbonyl (C=O) groups is 3. The number of hydrogen-bond acceptors (Lipinski definition) is 6. The summed E-state index contributed by atoms with van der Waals surface area (Å²) in [5.41, 5.74) is 8.17. The number of hydrogen-bond donors (Lipinski definition) is 5. The number of alkyl halides is 2. The lowest BCUT2D eigenvalue weighted by Crippen LogP contribution is -2.54. The Bertz CT molecular complexity index is 608. The summed E-state index contributed by atoms with van der Waals surface area (Å²) in [5, 5.41) is 20.5. The van der Waals surface area contributed by atoms with Gasteiger partial charge in [0.15, 0.2) is 18.3 Å². The van der Waals surface area contributed by atoms with Crippen molar-refractivity contribution in [1.29, 1.82) is 0 Å². The van der Waals surface area contributed by atoms with Crippen LogP contribution in [-0.2, 0) is 14.4 Å². The summed E-state index contributed by atoms with van der Waals surface area (Å²) >= 11 is 0. The second-order valence-corrected chi connectivity index (χ2v) is 5.67. The third-order valence-electron chi connectivity index (χ3n) is 3.68. The van der Waals surface area contributed by atoms with Crippen molar-refractivity contribution in [1.82, 2.24) is 5.32 Å². The van der Waals surface area contributed by atoms with Crippen LogP contribution in [0.2, 0.25) is 0 Å². The second-order valence-electron chi connectivity index (χ2n) is 5.67. The quantitative estimate of drug-likeness (QED) is 0.252. The van der Waals surface area contributed by atoms with Gasteiger partial charge in [0.25, 0.3) is 6.43 Å². The van der Waals surface area contributed by atoms with Gasteiger partial charge in [-0.2, -0.15) is 0 Å². The first-order valence-electron chi connectivity index (χ1n) is 7.44. The summed E-state index contributed by atoms with van der Waals surface area (Å²) in [7, 11) is 0. The Morgan fingerprint density at radius 2 is 2.08 bits per heavy atom. The first kappa shape index (κ1) is 20.6. The van der Waals surface area contributed by atoms with Crippen LogP contribution in [0.5, 0.6) is 0 Å². The Labute approximate surface area is 142 Å². The maximum absolute atomic E-state index is 12.7. The Hall–Kier alpha value is -2.40. The number of ketones is 1. The van der Waals surface area contributed by atoms with Crippen molar-refractivity contribution >= 4 is 23.9 Å². The third kappa shape index (κ3) is 5.57. The van der Waals surface area contributed by atoms with E-state index in [-0.39, 0.29) is 25.9 Å². The summed E-state index contributed by atoms with van der Waals surface area (Å²) in [6.07, 6.45) is -1.23. The van der Waals surface area contributed by atoms with Gasteiger partial charge in [-0.3, -0.25) is 9.59 Å². The molecule has 1 aliphatic heterocycles. The van der Waals surface area contributed by atoms with Gasteiger partial charge in [-0.1, -0.05) is 0 Å². The number of aliphatic hydroxyl groups is 1. The molecule has 9 nitrogen and oxygen atoms in total. The van der Waals surface area contributed by atoms with E-state index in [4.69, 9.17) is 16.6 Å². The number of nitrogens with zero attached hydrogens (tertiary/aromatic N) is 1. The highest BCUT2D eigenvalue weighted by molar-refractivity contribution is 6.01. The van der Waals surface area contributed by atoms with Crippen molar-refractivity contribution < 1.29 is 38.0 Å². The molecule has 1 rings (SSSR count). The van der Waals surface area contributed by atoms with Crippen LogP contribution in [-0.4, -0.2) is 69.8 Å². The van der Waals surface area contributed by atoms with E-state index in [0.29, 0.717) is 0 Å². The van der Waals surface area contributed by atoms with Gasteiger partial charge in [0.1, 0.15) is 6.04 Å². The number of Topliss-reactive ketones (excluding diaryl/α,β-unsaturated/α-hetero) is 1. The molecule has 1 heterocycles. The summed E-state index contributed by atoms with van der Waals surface area (Å²) in [6.45, 7) is -0.0784. The average molecular weight is 363 g/mol. The van der Waals surface area contributed by atoms with E-state index < -0.39 is 47.8 Å². The van der Waals surface area contributed by atoms with Crippen LogP contribution in [0.25, 0.3) is 0 Å². The van der Waals surface area contributed by atoms with Crippen LogP contribution in [0.4, 0.5) is 8.78 Å². The van der Waals surface area contributed by atoms with E-state index in [9.17, 15) is 28.3 Å². The highest BCUT2D eigenvalue weighted by Crippen LogP contribution is 2.19. The molecule has 11 heteroatoms. The molecule has 0 bridgehead atoms. The number of rotatable bonds is 9. The fraction of sp³-hybridized carbons (Fsp3) is 0.571. The Balaban J connectivity index is 2.42.